The first kappa shape index (κ1) is 8.32. The van der Waals surface area contributed by atoms with Crippen molar-refractivity contribution in [2.45, 2.75) is 65.2 Å². The molecule has 3 fully saturated rings. The van der Waals surface area contributed by atoms with Crippen LogP contribution in [0.5, 0.6) is 0 Å². The third kappa shape index (κ3) is 0.980. The second kappa shape index (κ2) is 2.15. The van der Waals surface area contributed by atoms with Gasteiger partial charge in [-0.2, -0.15) is 0 Å². The Labute approximate surface area is 82.1 Å². The number of hydrogen-bond acceptors (Lipinski definition) is 0. The minimum absolute atomic E-state index is 0.664. The maximum Gasteiger partial charge on any atom is -0.0240 e. The van der Waals surface area contributed by atoms with Gasteiger partial charge in [0.25, 0.3) is 0 Å². The fraction of sp³-hybridized carbons (Fsp3) is 1.00. The Morgan fingerprint density at radius 1 is 0.538 bits per heavy atom. The molecule has 0 saturated heterocycles. The highest BCUT2D eigenvalue weighted by Crippen LogP contribution is 2.76. The van der Waals surface area contributed by atoms with Crippen LogP contribution >= 0.6 is 0 Å². The molecular weight excluding hydrogens is 156 g/mol. The zero-order chi connectivity index (χ0) is 9.16. The molecule has 0 nitrogen and oxygen atoms in total. The smallest absolute Gasteiger partial charge is 0.0240 e. The van der Waals surface area contributed by atoms with E-state index in [1.54, 1.807) is 38.5 Å². The van der Waals surface area contributed by atoms with Crippen molar-refractivity contribution in [3.8, 4) is 0 Å². The van der Waals surface area contributed by atoms with Gasteiger partial charge in [0.1, 0.15) is 0 Å². The topological polar surface area (TPSA) is 0 Å². The van der Waals surface area contributed by atoms with E-state index >= 15 is 0 Å². The number of hydrogen-bond donors (Lipinski definition) is 0. The van der Waals surface area contributed by atoms with Crippen molar-refractivity contribution in [1.82, 2.24) is 0 Å². The lowest BCUT2D eigenvalue weighted by Gasteiger charge is -2.56. The first-order chi connectivity index (χ1) is 6.08. The molecule has 0 N–H and O–H groups in total. The van der Waals surface area contributed by atoms with E-state index < -0.39 is 0 Å². The Morgan fingerprint density at radius 3 is 1.15 bits per heavy atom. The molecule has 0 heterocycles. The summed E-state index contributed by atoms with van der Waals surface area (Å²) in [5.41, 5.74) is 2.43. The van der Waals surface area contributed by atoms with E-state index in [2.05, 4.69) is 13.8 Å². The lowest BCUT2D eigenvalue weighted by Crippen LogP contribution is -2.46. The van der Waals surface area contributed by atoms with Crippen molar-refractivity contribution in [2.75, 3.05) is 0 Å². The molecule has 3 rings (SSSR count). The molecule has 3 saturated carbocycles. The number of rotatable bonds is 0. The SMILES string of the molecule is CC1(C)CCC2(CC1)CCC21CC1. The summed E-state index contributed by atoms with van der Waals surface area (Å²) in [6.45, 7) is 4.91. The molecular formula is C13H22. The summed E-state index contributed by atoms with van der Waals surface area (Å²) in [5.74, 6) is 0. The van der Waals surface area contributed by atoms with E-state index in [1.807, 2.05) is 0 Å². The van der Waals surface area contributed by atoms with Gasteiger partial charge in [0, 0.05) is 0 Å². The van der Waals surface area contributed by atoms with Crippen LogP contribution in [0.1, 0.15) is 65.2 Å². The van der Waals surface area contributed by atoms with Crippen LogP contribution in [0.3, 0.4) is 0 Å². The molecule has 0 amide bonds. The van der Waals surface area contributed by atoms with Gasteiger partial charge in [0.05, 0.1) is 0 Å². The molecule has 0 atom stereocenters. The maximum atomic E-state index is 2.46. The quantitative estimate of drug-likeness (QED) is 0.523. The zero-order valence-electron chi connectivity index (χ0n) is 9.16. The normalized spacial score (nSPS) is 37.4. The van der Waals surface area contributed by atoms with E-state index in [-0.39, 0.29) is 0 Å². The van der Waals surface area contributed by atoms with Gasteiger partial charge in [-0.25, -0.2) is 0 Å². The minimum atomic E-state index is 0.664. The van der Waals surface area contributed by atoms with E-state index in [0.29, 0.717) is 5.41 Å². The van der Waals surface area contributed by atoms with Crippen LogP contribution < -0.4 is 0 Å². The summed E-state index contributed by atoms with van der Waals surface area (Å²) >= 11 is 0. The lowest BCUT2D eigenvalue weighted by molar-refractivity contribution is -0.0574. The second-order valence-electron chi connectivity index (χ2n) is 6.72. The van der Waals surface area contributed by atoms with Crippen LogP contribution in [0.25, 0.3) is 0 Å². The average Bonchev–Trinajstić information content (AvgIpc) is 2.83. The first-order valence-corrected chi connectivity index (χ1v) is 6.08. The molecule has 2 spiro atoms. The second-order valence-corrected chi connectivity index (χ2v) is 6.72. The summed E-state index contributed by atoms with van der Waals surface area (Å²) in [4.78, 5) is 0. The Bertz CT molecular complexity index is 222. The van der Waals surface area contributed by atoms with Crippen molar-refractivity contribution in [3.05, 3.63) is 0 Å². The van der Waals surface area contributed by atoms with E-state index in [1.165, 1.54) is 12.8 Å². The highest BCUT2D eigenvalue weighted by Gasteiger charge is 2.65. The molecule has 13 heavy (non-hydrogen) atoms. The highest BCUT2D eigenvalue weighted by atomic mass is 14.7. The molecule has 74 valence electrons. The van der Waals surface area contributed by atoms with E-state index in [9.17, 15) is 0 Å². The fourth-order valence-electron chi connectivity index (χ4n) is 3.95. The van der Waals surface area contributed by atoms with Gasteiger partial charge in [0.2, 0.25) is 0 Å². The molecule has 0 heteroatoms. The van der Waals surface area contributed by atoms with Crippen LogP contribution in [0.4, 0.5) is 0 Å². The van der Waals surface area contributed by atoms with Gasteiger partial charge in [0.15, 0.2) is 0 Å². The predicted octanol–water partition coefficient (Wildman–Crippen LogP) is 4.15. The Balaban J connectivity index is 1.75. The van der Waals surface area contributed by atoms with Crippen molar-refractivity contribution in [1.29, 1.82) is 0 Å². The van der Waals surface area contributed by atoms with Crippen LogP contribution in [0.2, 0.25) is 0 Å². The van der Waals surface area contributed by atoms with Gasteiger partial charge in [-0.15, -0.1) is 0 Å². The summed E-state index contributed by atoms with van der Waals surface area (Å²) in [7, 11) is 0. The maximum absolute atomic E-state index is 2.46. The predicted molar refractivity (Wildman–Crippen MR) is 55.6 cm³/mol. The Hall–Kier alpha value is 0. The van der Waals surface area contributed by atoms with Gasteiger partial charge < -0.3 is 0 Å². The Morgan fingerprint density at radius 2 is 0.846 bits per heavy atom. The van der Waals surface area contributed by atoms with Gasteiger partial charge in [-0.1, -0.05) is 13.8 Å². The van der Waals surface area contributed by atoms with Crippen LogP contribution in [-0.2, 0) is 0 Å². The van der Waals surface area contributed by atoms with E-state index in [0.717, 1.165) is 10.8 Å². The third-order valence-electron chi connectivity index (χ3n) is 5.62. The largest absolute Gasteiger partial charge is 0.0599 e. The van der Waals surface area contributed by atoms with Crippen molar-refractivity contribution in [3.63, 3.8) is 0 Å². The standard InChI is InChI=1S/C13H22/c1-11(2)3-5-12(6-4-11)7-8-13(12)9-10-13/h3-10H2,1-2H3. The third-order valence-corrected chi connectivity index (χ3v) is 5.62. The Kier molecular flexibility index (Phi) is 1.37. The molecule has 0 aliphatic heterocycles. The fourth-order valence-corrected chi connectivity index (χ4v) is 3.95. The summed E-state index contributed by atoms with van der Waals surface area (Å²) in [5, 5.41) is 0. The molecule has 0 radical (unpaired) electrons. The molecule has 0 aromatic heterocycles. The van der Waals surface area contributed by atoms with Gasteiger partial charge >= 0.3 is 0 Å². The molecule has 0 aromatic carbocycles. The summed E-state index contributed by atoms with van der Waals surface area (Å²) in [6.07, 6.45) is 12.4. The van der Waals surface area contributed by atoms with Gasteiger partial charge in [-0.05, 0) is 67.6 Å². The minimum Gasteiger partial charge on any atom is -0.0599 e. The first-order valence-electron chi connectivity index (χ1n) is 6.08. The van der Waals surface area contributed by atoms with Crippen molar-refractivity contribution < 1.29 is 0 Å². The molecule has 3 aliphatic carbocycles. The molecule has 3 aliphatic rings. The monoisotopic (exact) mass is 178 g/mol. The molecule has 0 bridgehead atoms. The summed E-state index contributed by atoms with van der Waals surface area (Å²) < 4.78 is 0. The van der Waals surface area contributed by atoms with Crippen molar-refractivity contribution in [2.24, 2.45) is 16.2 Å². The lowest BCUT2D eigenvalue weighted by atomic mass is 9.49. The van der Waals surface area contributed by atoms with Crippen molar-refractivity contribution >= 4 is 0 Å². The van der Waals surface area contributed by atoms with E-state index in [4.69, 9.17) is 0 Å². The average molecular weight is 178 g/mol. The van der Waals surface area contributed by atoms with Gasteiger partial charge in [-0.3, -0.25) is 0 Å². The van der Waals surface area contributed by atoms with Crippen LogP contribution in [0, 0.1) is 16.2 Å². The summed E-state index contributed by atoms with van der Waals surface area (Å²) in [6, 6.07) is 0. The molecule has 0 aromatic rings. The van der Waals surface area contributed by atoms with Crippen LogP contribution in [-0.4, -0.2) is 0 Å². The van der Waals surface area contributed by atoms with Crippen LogP contribution in [0.15, 0.2) is 0 Å². The zero-order valence-corrected chi connectivity index (χ0v) is 9.16. The number of fused-ring (bicyclic) bond motifs is 1. The highest BCUT2D eigenvalue weighted by molar-refractivity contribution is 5.15. The molecule has 0 unspecified atom stereocenters.